The SMILES string of the molecule is CN1C(=O)C[C@H](O)[C@H]1Cc1ccccc1. The molecule has 0 aliphatic carbocycles. The molecular weight excluding hydrogens is 190 g/mol. The van der Waals surface area contributed by atoms with Crippen molar-refractivity contribution in [2.75, 3.05) is 7.05 Å². The number of amides is 1. The topological polar surface area (TPSA) is 40.5 Å². The van der Waals surface area contributed by atoms with Gasteiger partial charge in [0.05, 0.1) is 18.6 Å². The van der Waals surface area contributed by atoms with Crippen LogP contribution in [0.25, 0.3) is 0 Å². The van der Waals surface area contributed by atoms with E-state index in [-0.39, 0.29) is 18.4 Å². The number of likely N-dealkylation sites (tertiary alicyclic amines) is 1. The highest BCUT2D eigenvalue weighted by atomic mass is 16.3. The van der Waals surface area contributed by atoms with Gasteiger partial charge in [-0.15, -0.1) is 0 Å². The normalized spacial score (nSPS) is 26.0. The van der Waals surface area contributed by atoms with Crippen molar-refractivity contribution in [2.45, 2.75) is 25.0 Å². The van der Waals surface area contributed by atoms with Crippen molar-refractivity contribution in [3.05, 3.63) is 35.9 Å². The molecule has 0 unspecified atom stereocenters. The van der Waals surface area contributed by atoms with Crippen molar-refractivity contribution >= 4 is 5.91 Å². The monoisotopic (exact) mass is 205 g/mol. The summed E-state index contributed by atoms with van der Waals surface area (Å²) in [5, 5.41) is 9.73. The van der Waals surface area contributed by atoms with Crippen molar-refractivity contribution < 1.29 is 9.90 Å². The van der Waals surface area contributed by atoms with Crippen molar-refractivity contribution in [1.82, 2.24) is 4.90 Å². The predicted molar refractivity (Wildman–Crippen MR) is 57.3 cm³/mol. The van der Waals surface area contributed by atoms with Crippen LogP contribution >= 0.6 is 0 Å². The molecule has 3 heteroatoms. The summed E-state index contributed by atoms with van der Waals surface area (Å²) in [5.74, 6) is 0.0310. The summed E-state index contributed by atoms with van der Waals surface area (Å²) >= 11 is 0. The molecule has 1 heterocycles. The number of hydrogen-bond acceptors (Lipinski definition) is 2. The van der Waals surface area contributed by atoms with Crippen LogP contribution in [-0.2, 0) is 11.2 Å². The fourth-order valence-electron chi connectivity index (χ4n) is 2.03. The van der Waals surface area contributed by atoms with Crippen molar-refractivity contribution in [3.63, 3.8) is 0 Å². The third-order valence-electron chi connectivity index (χ3n) is 3.01. The zero-order valence-corrected chi connectivity index (χ0v) is 8.76. The molecule has 1 fully saturated rings. The maximum absolute atomic E-state index is 11.4. The van der Waals surface area contributed by atoms with E-state index in [0.29, 0.717) is 0 Å². The lowest BCUT2D eigenvalue weighted by Crippen LogP contribution is -2.35. The Morgan fingerprint density at radius 1 is 1.40 bits per heavy atom. The fourth-order valence-corrected chi connectivity index (χ4v) is 2.03. The van der Waals surface area contributed by atoms with Gasteiger partial charge in [-0.05, 0) is 12.0 Å². The van der Waals surface area contributed by atoms with E-state index in [1.165, 1.54) is 0 Å². The zero-order valence-electron chi connectivity index (χ0n) is 8.76. The largest absolute Gasteiger partial charge is 0.390 e. The third-order valence-corrected chi connectivity index (χ3v) is 3.01. The van der Waals surface area contributed by atoms with Crippen LogP contribution in [0.15, 0.2) is 30.3 Å². The molecule has 0 aromatic heterocycles. The Morgan fingerprint density at radius 3 is 2.60 bits per heavy atom. The van der Waals surface area contributed by atoms with Crippen LogP contribution in [0.1, 0.15) is 12.0 Å². The summed E-state index contributed by atoms with van der Waals surface area (Å²) in [4.78, 5) is 13.0. The summed E-state index contributed by atoms with van der Waals surface area (Å²) in [6, 6.07) is 9.87. The Kier molecular flexibility index (Phi) is 2.73. The Morgan fingerprint density at radius 2 is 2.07 bits per heavy atom. The first-order valence-corrected chi connectivity index (χ1v) is 5.16. The molecule has 80 valence electrons. The number of aliphatic hydroxyl groups is 1. The number of benzene rings is 1. The molecule has 1 aromatic carbocycles. The molecule has 1 aromatic rings. The van der Waals surface area contributed by atoms with Crippen LogP contribution in [0.2, 0.25) is 0 Å². The number of carbonyl (C=O) groups is 1. The van der Waals surface area contributed by atoms with Crippen molar-refractivity contribution in [2.24, 2.45) is 0 Å². The van der Waals surface area contributed by atoms with Gasteiger partial charge in [-0.3, -0.25) is 4.79 Å². The predicted octanol–water partition coefficient (Wildman–Crippen LogP) is 0.821. The van der Waals surface area contributed by atoms with Gasteiger partial charge in [0.25, 0.3) is 0 Å². The molecular formula is C12H15NO2. The first-order valence-electron chi connectivity index (χ1n) is 5.16. The second kappa shape index (κ2) is 4.03. The van der Waals surface area contributed by atoms with Gasteiger partial charge in [0.1, 0.15) is 0 Å². The van der Waals surface area contributed by atoms with Gasteiger partial charge in [0, 0.05) is 7.05 Å². The van der Waals surface area contributed by atoms with Gasteiger partial charge >= 0.3 is 0 Å². The van der Waals surface area contributed by atoms with E-state index in [1.807, 2.05) is 30.3 Å². The minimum Gasteiger partial charge on any atom is -0.390 e. The van der Waals surface area contributed by atoms with Crippen LogP contribution in [0.4, 0.5) is 0 Å². The molecule has 3 nitrogen and oxygen atoms in total. The number of rotatable bonds is 2. The summed E-state index contributed by atoms with van der Waals surface area (Å²) in [5.41, 5.74) is 1.16. The summed E-state index contributed by atoms with van der Waals surface area (Å²) in [6.45, 7) is 0. The second-order valence-electron chi connectivity index (χ2n) is 4.03. The van der Waals surface area contributed by atoms with Crippen LogP contribution in [-0.4, -0.2) is 35.1 Å². The fraction of sp³-hybridized carbons (Fsp3) is 0.417. The number of hydrogen-bond donors (Lipinski definition) is 1. The summed E-state index contributed by atoms with van der Waals surface area (Å²) in [7, 11) is 1.76. The standard InChI is InChI=1S/C12H15NO2/c1-13-10(11(14)8-12(13)15)7-9-5-3-2-4-6-9/h2-6,10-11,14H,7-8H2,1H3/t10-,11+/m1/s1. The van der Waals surface area contributed by atoms with Gasteiger partial charge in [-0.25, -0.2) is 0 Å². The molecule has 1 saturated heterocycles. The summed E-state index contributed by atoms with van der Waals surface area (Å²) in [6.07, 6.45) is 0.459. The number of aliphatic hydroxyl groups excluding tert-OH is 1. The van der Waals surface area contributed by atoms with E-state index in [1.54, 1.807) is 11.9 Å². The summed E-state index contributed by atoms with van der Waals surface area (Å²) < 4.78 is 0. The molecule has 0 radical (unpaired) electrons. The Balaban J connectivity index is 2.09. The zero-order chi connectivity index (χ0) is 10.8. The van der Waals surface area contributed by atoms with E-state index in [9.17, 15) is 9.90 Å². The van der Waals surface area contributed by atoms with Crippen LogP contribution < -0.4 is 0 Å². The van der Waals surface area contributed by atoms with Crippen molar-refractivity contribution in [1.29, 1.82) is 0 Å². The lowest BCUT2D eigenvalue weighted by Gasteiger charge is -2.22. The highest BCUT2D eigenvalue weighted by Gasteiger charge is 2.35. The molecule has 1 amide bonds. The number of likely N-dealkylation sites (N-methyl/N-ethyl adjacent to an activating group) is 1. The van der Waals surface area contributed by atoms with E-state index >= 15 is 0 Å². The third kappa shape index (κ3) is 2.02. The molecule has 2 rings (SSSR count). The number of nitrogens with zero attached hydrogens (tertiary/aromatic N) is 1. The lowest BCUT2D eigenvalue weighted by atomic mass is 10.0. The van der Waals surface area contributed by atoms with E-state index < -0.39 is 6.10 Å². The highest BCUT2D eigenvalue weighted by Crippen LogP contribution is 2.20. The Bertz CT molecular complexity index is 350. The maximum atomic E-state index is 11.4. The minimum atomic E-state index is -0.525. The van der Waals surface area contributed by atoms with Crippen LogP contribution in [0.5, 0.6) is 0 Å². The van der Waals surface area contributed by atoms with E-state index in [2.05, 4.69) is 0 Å². The molecule has 1 aliphatic heterocycles. The van der Waals surface area contributed by atoms with Gasteiger partial charge < -0.3 is 10.0 Å². The lowest BCUT2D eigenvalue weighted by molar-refractivity contribution is -0.127. The molecule has 1 aliphatic rings. The van der Waals surface area contributed by atoms with Crippen molar-refractivity contribution in [3.8, 4) is 0 Å². The van der Waals surface area contributed by atoms with Gasteiger partial charge in [0.15, 0.2) is 0 Å². The second-order valence-corrected chi connectivity index (χ2v) is 4.03. The first-order chi connectivity index (χ1) is 7.18. The Labute approximate surface area is 89.3 Å². The number of carbonyl (C=O) groups excluding carboxylic acids is 1. The molecule has 0 saturated carbocycles. The first kappa shape index (κ1) is 10.2. The molecule has 0 bridgehead atoms. The van der Waals surface area contributed by atoms with Gasteiger partial charge in [0.2, 0.25) is 5.91 Å². The average molecular weight is 205 g/mol. The minimum absolute atomic E-state index is 0.0310. The quantitative estimate of drug-likeness (QED) is 0.776. The highest BCUT2D eigenvalue weighted by molar-refractivity contribution is 5.79. The molecule has 15 heavy (non-hydrogen) atoms. The Hall–Kier alpha value is -1.35. The van der Waals surface area contributed by atoms with Gasteiger partial charge in [-0.2, -0.15) is 0 Å². The van der Waals surface area contributed by atoms with E-state index in [0.717, 1.165) is 12.0 Å². The molecule has 0 spiro atoms. The van der Waals surface area contributed by atoms with Crippen LogP contribution in [0.3, 0.4) is 0 Å². The smallest absolute Gasteiger partial charge is 0.225 e. The molecule has 2 atom stereocenters. The van der Waals surface area contributed by atoms with E-state index in [4.69, 9.17) is 0 Å². The van der Waals surface area contributed by atoms with Crippen LogP contribution in [0, 0.1) is 0 Å². The molecule has 1 N–H and O–H groups in total. The average Bonchev–Trinajstić information content (AvgIpc) is 2.47. The maximum Gasteiger partial charge on any atom is 0.225 e. The van der Waals surface area contributed by atoms with Gasteiger partial charge in [-0.1, -0.05) is 30.3 Å².